The van der Waals surface area contributed by atoms with E-state index in [1.165, 1.54) is 0 Å². The summed E-state index contributed by atoms with van der Waals surface area (Å²) in [6.45, 7) is 15.2. The number of hydrogen-bond donors (Lipinski definition) is 0. The van der Waals surface area contributed by atoms with Crippen LogP contribution in [0.4, 0.5) is 0 Å². The van der Waals surface area contributed by atoms with Crippen molar-refractivity contribution < 1.29 is 9.00 Å². The standard InChI is InChI=1S/C21H28O2S/c1-7-17(4)13-14-18(16(2)3)15-20(22)21(5,6)24(23)19-11-9-8-10-12-19/h7-13,18H,1-2,14-15H2,3-6H3/b17-13+/t18-,24?/m0/s1. The van der Waals surface area contributed by atoms with E-state index in [0.29, 0.717) is 11.3 Å². The largest absolute Gasteiger partial charge is 0.298 e. The van der Waals surface area contributed by atoms with Crippen molar-refractivity contribution in [3.8, 4) is 0 Å². The molecule has 0 radical (unpaired) electrons. The van der Waals surface area contributed by atoms with E-state index in [1.54, 1.807) is 32.1 Å². The molecule has 0 amide bonds. The first kappa shape index (κ1) is 20.3. The van der Waals surface area contributed by atoms with Crippen molar-refractivity contribution in [1.82, 2.24) is 0 Å². The molecule has 0 N–H and O–H groups in total. The van der Waals surface area contributed by atoms with Gasteiger partial charge in [0.2, 0.25) is 0 Å². The summed E-state index contributed by atoms with van der Waals surface area (Å²) < 4.78 is 11.9. The Labute approximate surface area is 148 Å². The van der Waals surface area contributed by atoms with Gasteiger partial charge in [-0.3, -0.25) is 9.00 Å². The number of ketones is 1. The molecule has 0 saturated heterocycles. The van der Waals surface area contributed by atoms with Gasteiger partial charge in [-0.05, 0) is 52.2 Å². The summed E-state index contributed by atoms with van der Waals surface area (Å²) in [7, 11) is -1.38. The zero-order valence-electron chi connectivity index (χ0n) is 15.2. The fourth-order valence-corrected chi connectivity index (χ4v) is 3.57. The van der Waals surface area contributed by atoms with Gasteiger partial charge in [-0.1, -0.05) is 54.7 Å². The summed E-state index contributed by atoms with van der Waals surface area (Å²) >= 11 is 0. The number of allylic oxidation sites excluding steroid dienone is 4. The average Bonchev–Trinajstić information content (AvgIpc) is 2.57. The third-order valence-electron chi connectivity index (χ3n) is 4.27. The van der Waals surface area contributed by atoms with Gasteiger partial charge in [0.25, 0.3) is 0 Å². The molecule has 0 aliphatic carbocycles. The molecule has 0 bridgehead atoms. The van der Waals surface area contributed by atoms with E-state index >= 15 is 0 Å². The summed E-state index contributed by atoms with van der Waals surface area (Å²) in [5.41, 5.74) is 2.05. The maximum atomic E-state index is 12.8. The zero-order chi connectivity index (χ0) is 18.3. The third-order valence-corrected chi connectivity index (χ3v) is 6.12. The van der Waals surface area contributed by atoms with Crippen molar-refractivity contribution in [1.29, 1.82) is 0 Å². The van der Waals surface area contributed by atoms with Crippen LogP contribution in [0.3, 0.4) is 0 Å². The topological polar surface area (TPSA) is 34.1 Å². The molecular formula is C21H28O2S. The van der Waals surface area contributed by atoms with Crippen LogP contribution in [0.5, 0.6) is 0 Å². The van der Waals surface area contributed by atoms with E-state index in [9.17, 15) is 9.00 Å². The minimum Gasteiger partial charge on any atom is -0.298 e. The molecule has 0 saturated carbocycles. The summed E-state index contributed by atoms with van der Waals surface area (Å²) in [6.07, 6.45) is 4.96. The molecule has 0 heterocycles. The van der Waals surface area contributed by atoms with Gasteiger partial charge in [-0.15, -0.1) is 0 Å². The summed E-state index contributed by atoms with van der Waals surface area (Å²) in [5, 5.41) is 0. The van der Waals surface area contributed by atoms with Crippen LogP contribution in [0.15, 0.2) is 71.7 Å². The van der Waals surface area contributed by atoms with E-state index < -0.39 is 15.5 Å². The van der Waals surface area contributed by atoms with Gasteiger partial charge in [0.05, 0.1) is 10.8 Å². The molecule has 1 unspecified atom stereocenters. The molecule has 1 aromatic carbocycles. The number of hydrogen-bond acceptors (Lipinski definition) is 2. The summed E-state index contributed by atoms with van der Waals surface area (Å²) in [4.78, 5) is 13.5. The second kappa shape index (κ2) is 8.93. The molecular weight excluding hydrogens is 316 g/mol. The van der Waals surface area contributed by atoms with Crippen molar-refractivity contribution in [3.63, 3.8) is 0 Å². The number of rotatable bonds is 9. The normalized spacial score (nSPS) is 14.8. The van der Waals surface area contributed by atoms with Gasteiger partial charge in [0.15, 0.2) is 5.78 Å². The lowest BCUT2D eigenvalue weighted by molar-refractivity contribution is -0.121. The maximum Gasteiger partial charge on any atom is 0.151 e. The Hall–Kier alpha value is -1.74. The SMILES string of the molecule is C=C/C(C)=C/C[C@@H](CC(=O)C(C)(C)S(=O)c1ccccc1)C(=C)C. The van der Waals surface area contributed by atoms with Crippen molar-refractivity contribution in [2.75, 3.05) is 0 Å². The van der Waals surface area contributed by atoms with Crippen molar-refractivity contribution in [2.24, 2.45) is 5.92 Å². The first-order chi connectivity index (χ1) is 11.2. The monoisotopic (exact) mass is 344 g/mol. The zero-order valence-corrected chi connectivity index (χ0v) is 16.0. The fourth-order valence-electron chi connectivity index (χ4n) is 2.28. The maximum absolute atomic E-state index is 12.8. The number of carbonyl (C=O) groups excluding carboxylic acids is 1. The van der Waals surface area contributed by atoms with Crippen LogP contribution in [-0.2, 0) is 15.6 Å². The smallest absolute Gasteiger partial charge is 0.151 e. The third kappa shape index (κ3) is 5.41. The quantitative estimate of drug-likeness (QED) is 0.453. The number of carbonyl (C=O) groups is 1. The molecule has 1 rings (SSSR count). The van der Waals surface area contributed by atoms with Gasteiger partial charge < -0.3 is 0 Å². The van der Waals surface area contributed by atoms with Gasteiger partial charge in [-0.2, -0.15) is 0 Å². The number of benzene rings is 1. The van der Waals surface area contributed by atoms with Crippen LogP contribution in [0.25, 0.3) is 0 Å². The van der Waals surface area contributed by atoms with E-state index in [4.69, 9.17) is 0 Å². The highest BCUT2D eigenvalue weighted by molar-refractivity contribution is 7.87. The molecule has 2 nitrogen and oxygen atoms in total. The van der Waals surface area contributed by atoms with E-state index in [1.807, 2.05) is 32.0 Å². The molecule has 130 valence electrons. The van der Waals surface area contributed by atoms with Crippen LogP contribution in [0.1, 0.15) is 40.5 Å². The molecule has 0 aliphatic heterocycles. The molecule has 24 heavy (non-hydrogen) atoms. The Bertz CT molecular complexity index is 654. The highest BCUT2D eigenvalue weighted by Crippen LogP contribution is 2.28. The van der Waals surface area contributed by atoms with Crippen LogP contribution < -0.4 is 0 Å². The van der Waals surface area contributed by atoms with Gasteiger partial charge in [0.1, 0.15) is 4.75 Å². The van der Waals surface area contributed by atoms with Gasteiger partial charge in [0, 0.05) is 11.3 Å². The molecule has 1 aromatic rings. The van der Waals surface area contributed by atoms with Crippen molar-refractivity contribution >= 4 is 16.6 Å². The van der Waals surface area contributed by atoms with E-state index in [0.717, 1.165) is 17.6 Å². The minimum absolute atomic E-state index is 0.00217. The summed E-state index contributed by atoms with van der Waals surface area (Å²) in [6, 6.07) is 9.16. The predicted octanol–water partition coefficient (Wildman–Crippen LogP) is 5.25. The fraction of sp³-hybridized carbons (Fsp3) is 0.381. The lowest BCUT2D eigenvalue weighted by Gasteiger charge is -2.25. The van der Waals surface area contributed by atoms with E-state index in [-0.39, 0.29) is 11.7 Å². The van der Waals surface area contributed by atoms with E-state index in [2.05, 4.69) is 19.2 Å². The average molecular weight is 345 g/mol. The minimum atomic E-state index is -1.38. The Morgan fingerprint density at radius 3 is 2.33 bits per heavy atom. The van der Waals surface area contributed by atoms with Crippen LogP contribution in [0.2, 0.25) is 0 Å². The molecule has 0 spiro atoms. The van der Waals surface area contributed by atoms with Crippen molar-refractivity contribution in [2.45, 2.75) is 50.2 Å². The predicted molar refractivity (Wildman–Crippen MR) is 103 cm³/mol. The van der Waals surface area contributed by atoms with Crippen LogP contribution in [-0.4, -0.2) is 14.7 Å². The summed E-state index contributed by atoms with van der Waals surface area (Å²) in [5.74, 6) is 0.0572. The van der Waals surface area contributed by atoms with Crippen LogP contribution >= 0.6 is 0 Å². The Balaban J connectivity index is 2.91. The Kier molecular flexibility index (Phi) is 7.56. The molecule has 0 fully saturated rings. The number of Topliss-reactive ketones (excluding diaryl/α,β-unsaturated/α-hetero) is 1. The Morgan fingerprint density at radius 1 is 1.25 bits per heavy atom. The van der Waals surface area contributed by atoms with Gasteiger partial charge in [-0.25, -0.2) is 0 Å². The van der Waals surface area contributed by atoms with Crippen molar-refractivity contribution in [3.05, 3.63) is 66.8 Å². The first-order valence-electron chi connectivity index (χ1n) is 8.15. The highest BCUT2D eigenvalue weighted by Gasteiger charge is 2.36. The molecule has 0 aliphatic rings. The van der Waals surface area contributed by atoms with Gasteiger partial charge >= 0.3 is 0 Å². The Morgan fingerprint density at radius 2 is 1.83 bits per heavy atom. The second-order valence-corrected chi connectivity index (χ2v) is 8.68. The molecule has 0 aromatic heterocycles. The first-order valence-corrected chi connectivity index (χ1v) is 9.30. The lowest BCUT2D eigenvalue weighted by Crippen LogP contribution is -2.37. The molecule has 3 heteroatoms. The second-order valence-electron chi connectivity index (χ2n) is 6.65. The van der Waals surface area contributed by atoms with Crippen LogP contribution in [0, 0.1) is 5.92 Å². The lowest BCUT2D eigenvalue weighted by atomic mass is 9.88. The molecule has 2 atom stereocenters. The highest BCUT2D eigenvalue weighted by atomic mass is 32.2.